The number of aldehydes is 1. The molecule has 0 aliphatic carbocycles. The number of halogens is 1. The lowest BCUT2D eigenvalue weighted by atomic mass is 10.0. The fourth-order valence-corrected chi connectivity index (χ4v) is 4.29. The van der Waals surface area contributed by atoms with Crippen LogP contribution in [0.25, 0.3) is 5.57 Å². The number of piperazine rings is 1. The molecule has 0 aromatic heterocycles. The van der Waals surface area contributed by atoms with E-state index in [0.717, 1.165) is 41.8 Å². The fourth-order valence-electron chi connectivity index (χ4n) is 3.81. The van der Waals surface area contributed by atoms with Gasteiger partial charge in [0.25, 0.3) is 0 Å². The number of benzene rings is 2. The van der Waals surface area contributed by atoms with E-state index in [1.807, 2.05) is 18.2 Å². The quantitative estimate of drug-likeness (QED) is 0.312. The number of nitrogens with two attached hydrogens (primary N) is 1. The molecule has 2 aromatic carbocycles. The Hall–Kier alpha value is -2.91. The molecule has 0 amide bonds. The molecule has 33 heavy (non-hydrogen) atoms. The highest BCUT2D eigenvalue weighted by Crippen LogP contribution is 2.33. The summed E-state index contributed by atoms with van der Waals surface area (Å²) in [6.45, 7) is 5.66. The summed E-state index contributed by atoms with van der Waals surface area (Å²) in [5, 5.41) is 9.13. The summed E-state index contributed by atoms with van der Waals surface area (Å²) >= 11 is 7.56. The number of ether oxygens (including phenoxy) is 1. The van der Waals surface area contributed by atoms with E-state index < -0.39 is 5.97 Å². The first-order valence-corrected chi connectivity index (χ1v) is 11.6. The van der Waals surface area contributed by atoms with Gasteiger partial charge in [-0.25, -0.2) is 0 Å². The molecule has 0 saturated carbocycles. The van der Waals surface area contributed by atoms with Gasteiger partial charge in [-0.05, 0) is 54.5 Å². The molecule has 1 heterocycles. The third-order valence-electron chi connectivity index (χ3n) is 5.29. The van der Waals surface area contributed by atoms with Gasteiger partial charge in [0, 0.05) is 53.7 Å². The number of thiocarbonyl (C=S) groups is 1. The molecule has 176 valence electrons. The Kier molecular flexibility index (Phi) is 10.3. The van der Waals surface area contributed by atoms with E-state index in [-0.39, 0.29) is 6.42 Å². The van der Waals surface area contributed by atoms with Crippen LogP contribution in [0, 0.1) is 6.92 Å². The zero-order valence-electron chi connectivity index (χ0n) is 18.7. The van der Waals surface area contributed by atoms with Gasteiger partial charge in [0.15, 0.2) is 0 Å². The van der Waals surface area contributed by atoms with Crippen LogP contribution < -0.4 is 20.3 Å². The molecule has 0 radical (unpaired) electrons. The van der Waals surface area contributed by atoms with Gasteiger partial charge in [0.05, 0.1) is 19.0 Å². The Labute approximate surface area is 207 Å². The molecule has 0 bridgehead atoms. The molecular weight excluding hydrogens is 506 g/mol. The maximum atomic E-state index is 11.1. The average molecular weight is 534 g/mol. The smallest absolute Gasteiger partial charge is 0.307 e. The minimum atomic E-state index is -0.992. The van der Waals surface area contributed by atoms with Crippen molar-refractivity contribution in [3.63, 3.8) is 0 Å². The molecule has 1 aliphatic heterocycles. The minimum Gasteiger partial charge on any atom is -0.496 e. The van der Waals surface area contributed by atoms with Crippen molar-refractivity contribution >= 4 is 62.8 Å². The van der Waals surface area contributed by atoms with Crippen molar-refractivity contribution < 1.29 is 19.4 Å². The van der Waals surface area contributed by atoms with Crippen LogP contribution in [0.3, 0.4) is 0 Å². The number of aryl methyl sites for hydroxylation is 1. The number of carboxylic acid groups (broad SMARTS) is 1. The third kappa shape index (κ3) is 7.30. The van der Waals surface area contributed by atoms with Crippen molar-refractivity contribution in [2.24, 2.45) is 5.73 Å². The summed E-state index contributed by atoms with van der Waals surface area (Å²) in [5.41, 5.74) is 10.2. The van der Waals surface area contributed by atoms with Gasteiger partial charge in [-0.2, -0.15) is 0 Å². The summed E-state index contributed by atoms with van der Waals surface area (Å²) in [7, 11) is 1.55. The first kappa shape index (κ1) is 26.3. The largest absolute Gasteiger partial charge is 0.496 e. The number of anilines is 2. The Morgan fingerprint density at radius 2 is 1.82 bits per heavy atom. The van der Waals surface area contributed by atoms with Crippen LogP contribution in [0.15, 0.2) is 46.9 Å². The number of carbonyl (C=O) groups excluding carboxylic acids is 1. The standard InChI is InChI=1S/C23H25BrN2O4.CH3NS/c1-16-13-18(24)3-6-21(16)26-10-8-25(9-11-26)19-4-5-20(22(15-19)30-2)17(7-12-27)14-23(28)29;2-1-3/h3-7,12-13,15H,8-11,14H2,1-2H3,(H,28,29);1H,(H2,2,3)/b17-7-;. The Morgan fingerprint density at radius 3 is 2.36 bits per heavy atom. The minimum absolute atomic E-state index is 0.236. The molecule has 0 unspecified atom stereocenters. The van der Waals surface area contributed by atoms with Crippen molar-refractivity contribution in [2.45, 2.75) is 13.3 Å². The van der Waals surface area contributed by atoms with Gasteiger partial charge in [-0.3, -0.25) is 9.59 Å². The SMILES string of the molecule is COc1cc(N2CCN(c3ccc(Br)cc3C)CC2)ccc1/C(=C\C=O)CC(=O)O.NC=S. The lowest BCUT2D eigenvalue weighted by molar-refractivity contribution is -0.135. The van der Waals surface area contributed by atoms with Crippen LogP contribution >= 0.6 is 28.1 Å². The number of hydrogen-bond acceptors (Lipinski definition) is 6. The second kappa shape index (κ2) is 13.0. The molecule has 3 N–H and O–H groups in total. The molecule has 1 saturated heterocycles. The summed E-state index contributed by atoms with van der Waals surface area (Å²) < 4.78 is 6.60. The second-order valence-electron chi connectivity index (χ2n) is 7.32. The number of methoxy groups -OCH3 is 1. The zero-order valence-corrected chi connectivity index (χ0v) is 21.1. The van der Waals surface area contributed by atoms with Gasteiger partial charge in [0.1, 0.15) is 12.0 Å². The van der Waals surface area contributed by atoms with Gasteiger partial charge < -0.3 is 25.4 Å². The highest BCUT2D eigenvalue weighted by molar-refractivity contribution is 9.10. The first-order valence-electron chi connectivity index (χ1n) is 10.3. The Bertz CT molecular complexity index is 1020. The summed E-state index contributed by atoms with van der Waals surface area (Å²) in [6, 6.07) is 12.1. The lowest BCUT2D eigenvalue weighted by Crippen LogP contribution is -2.46. The third-order valence-corrected chi connectivity index (χ3v) is 5.78. The molecular formula is C24H28BrN3O4S. The van der Waals surface area contributed by atoms with E-state index in [9.17, 15) is 9.59 Å². The van der Waals surface area contributed by atoms with E-state index in [2.05, 4.69) is 68.8 Å². The topological polar surface area (TPSA) is 96.1 Å². The predicted octanol–water partition coefficient (Wildman–Crippen LogP) is 4.05. The molecule has 9 heteroatoms. The van der Waals surface area contributed by atoms with Crippen LogP contribution in [0.4, 0.5) is 11.4 Å². The van der Waals surface area contributed by atoms with Crippen molar-refractivity contribution in [2.75, 3.05) is 43.1 Å². The average Bonchev–Trinajstić information content (AvgIpc) is 2.79. The molecule has 7 nitrogen and oxygen atoms in total. The highest BCUT2D eigenvalue weighted by atomic mass is 79.9. The number of aliphatic carboxylic acids is 1. The van der Waals surface area contributed by atoms with Crippen LogP contribution in [0.1, 0.15) is 17.5 Å². The lowest BCUT2D eigenvalue weighted by Gasteiger charge is -2.38. The molecule has 1 fully saturated rings. The number of carboxylic acids is 1. The van der Waals surface area contributed by atoms with E-state index >= 15 is 0 Å². The number of carbonyl (C=O) groups is 2. The maximum absolute atomic E-state index is 11.1. The van der Waals surface area contributed by atoms with Crippen LogP contribution in [-0.2, 0) is 9.59 Å². The van der Waals surface area contributed by atoms with E-state index in [1.165, 1.54) is 17.3 Å². The second-order valence-corrected chi connectivity index (χ2v) is 8.51. The summed E-state index contributed by atoms with van der Waals surface area (Å²) in [5.74, 6) is -0.429. The Balaban J connectivity index is 0.00000122. The molecule has 2 aromatic rings. The van der Waals surface area contributed by atoms with Gasteiger partial charge >= 0.3 is 5.97 Å². The number of rotatable bonds is 7. The van der Waals surface area contributed by atoms with E-state index in [0.29, 0.717) is 23.2 Å². The maximum Gasteiger partial charge on any atom is 0.307 e. The van der Waals surface area contributed by atoms with E-state index in [4.69, 9.17) is 9.84 Å². The van der Waals surface area contributed by atoms with Crippen molar-refractivity contribution in [1.29, 1.82) is 0 Å². The van der Waals surface area contributed by atoms with Crippen LogP contribution in [-0.4, -0.2) is 56.1 Å². The predicted molar refractivity (Wildman–Crippen MR) is 140 cm³/mol. The Morgan fingerprint density at radius 1 is 1.18 bits per heavy atom. The van der Waals surface area contributed by atoms with Crippen molar-refractivity contribution in [3.05, 3.63) is 58.1 Å². The number of allylic oxidation sites excluding steroid dienone is 1. The zero-order chi connectivity index (χ0) is 24.4. The van der Waals surface area contributed by atoms with Gasteiger partial charge in [0.2, 0.25) is 0 Å². The van der Waals surface area contributed by atoms with Crippen molar-refractivity contribution in [3.8, 4) is 5.75 Å². The van der Waals surface area contributed by atoms with Crippen LogP contribution in [0.5, 0.6) is 5.75 Å². The monoisotopic (exact) mass is 533 g/mol. The van der Waals surface area contributed by atoms with Gasteiger partial charge in [-0.15, -0.1) is 0 Å². The molecule has 0 spiro atoms. The molecule has 1 aliphatic rings. The number of nitrogens with zero attached hydrogens (tertiary/aromatic N) is 2. The summed E-state index contributed by atoms with van der Waals surface area (Å²) in [4.78, 5) is 26.8. The number of hydrogen-bond donors (Lipinski definition) is 2. The first-order chi connectivity index (χ1) is 15.8. The van der Waals surface area contributed by atoms with Crippen molar-refractivity contribution in [1.82, 2.24) is 0 Å². The summed E-state index contributed by atoms with van der Waals surface area (Å²) in [6.07, 6.45) is 1.65. The van der Waals surface area contributed by atoms with E-state index in [1.54, 1.807) is 7.11 Å². The fraction of sp³-hybridized carbons (Fsp3) is 0.292. The normalized spacial score (nSPS) is 13.6. The molecule has 3 rings (SSSR count). The highest BCUT2D eigenvalue weighted by Gasteiger charge is 2.20. The van der Waals surface area contributed by atoms with Gasteiger partial charge in [-0.1, -0.05) is 28.1 Å². The van der Waals surface area contributed by atoms with Crippen LogP contribution in [0.2, 0.25) is 0 Å². The molecule has 0 atom stereocenters.